The maximum Gasteiger partial charge on any atom is 0.240 e. The molecule has 112 valence electrons. The second-order valence-electron chi connectivity index (χ2n) is 6.14. The highest BCUT2D eigenvalue weighted by Crippen LogP contribution is 2.20. The molecule has 5 nitrogen and oxygen atoms in total. The lowest BCUT2D eigenvalue weighted by Crippen LogP contribution is -2.63. The van der Waals surface area contributed by atoms with Crippen LogP contribution in [0.3, 0.4) is 0 Å². The van der Waals surface area contributed by atoms with Gasteiger partial charge in [0.05, 0.1) is 5.54 Å². The zero-order valence-corrected chi connectivity index (χ0v) is 12.8. The van der Waals surface area contributed by atoms with E-state index in [9.17, 15) is 4.79 Å². The fourth-order valence-corrected chi connectivity index (χ4v) is 2.37. The third kappa shape index (κ3) is 4.16. The van der Waals surface area contributed by atoms with Gasteiger partial charge in [0, 0.05) is 38.3 Å². The number of piperazine rings is 1. The van der Waals surface area contributed by atoms with Crippen LogP contribution in [0.5, 0.6) is 0 Å². The zero-order chi connectivity index (χ0) is 14.5. The number of hydrogen-bond donors (Lipinski definition) is 3. The monoisotopic (exact) mass is 271 g/mol. The quantitative estimate of drug-likeness (QED) is 0.652. The fraction of sp³-hybridized carbons (Fsp3) is 0.929. The first kappa shape index (κ1) is 16.4. The van der Waals surface area contributed by atoms with E-state index in [4.69, 9.17) is 5.11 Å². The van der Waals surface area contributed by atoms with Crippen LogP contribution in [-0.4, -0.2) is 59.8 Å². The Labute approximate surface area is 116 Å². The van der Waals surface area contributed by atoms with Gasteiger partial charge in [-0.3, -0.25) is 9.69 Å². The Morgan fingerprint density at radius 2 is 1.89 bits per heavy atom. The number of aliphatic hydroxyl groups excluding tert-OH is 1. The molecule has 0 radical (unpaired) electrons. The van der Waals surface area contributed by atoms with Gasteiger partial charge in [-0.1, -0.05) is 6.92 Å². The minimum atomic E-state index is -0.506. The number of rotatable bonds is 6. The summed E-state index contributed by atoms with van der Waals surface area (Å²) >= 11 is 0. The second kappa shape index (κ2) is 6.68. The van der Waals surface area contributed by atoms with Gasteiger partial charge < -0.3 is 15.7 Å². The molecule has 1 fully saturated rings. The molecule has 0 spiro atoms. The Hall–Kier alpha value is -0.650. The predicted octanol–water partition coefficient (Wildman–Crippen LogP) is 0.338. The lowest BCUT2D eigenvalue weighted by Gasteiger charge is -2.42. The molecule has 5 heteroatoms. The molecular formula is C14H29N3O2. The first-order valence-electron chi connectivity index (χ1n) is 7.25. The van der Waals surface area contributed by atoms with Crippen molar-refractivity contribution in [1.82, 2.24) is 15.5 Å². The standard InChI is InChI=1S/C14H29N3O2/c1-5-14(4,6-11-18)16-12(19)13(2,3)17-9-7-15-8-10-17/h15,18H,5-11H2,1-4H3,(H,16,19). The van der Waals surface area contributed by atoms with Crippen molar-refractivity contribution in [1.29, 1.82) is 0 Å². The molecule has 1 rings (SSSR count). The summed E-state index contributed by atoms with van der Waals surface area (Å²) in [6.07, 6.45) is 1.41. The Kier molecular flexibility index (Phi) is 5.77. The number of nitrogens with one attached hydrogen (secondary N) is 2. The topological polar surface area (TPSA) is 64.6 Å². The summed E-state index contributed by atoms with van der Waals surface area (Å²) in [6.45, 7) is 11.7. The highest BCUT2D eigenvalue weighted by molar-refractivity contribution is 5.86. The van der Waals surface area contributed by atoms with Gasteiger partial charge in [-0.05, 0) is 33.6 Å². The first-order chi connectivity index (χ1) is 8.85. The minimum Gasteiger partial charge on any atom is -0.396 e. The van der Waals surface area contributed by atoms with Crippen molar-refractivity contribution in [3.63, 3.8) is 0 Å². The largest absolute Gasteiger partial charge is 0.396 e. The normalized spacial score (nSPS) is 20.9. The van der Waals surface area contributed by atoms with Crippen molar-refractivity contribution in [2.24, 2.45) is 0 Å². The van der Waals surface area contributed by atoms with Gasteiger partial charge >= 0.3 is 0 Å². The summed E-state index contributed by atoms with van der Waals surface area (Å²) in [5.41, 5.74) is -0.828. The van der Waals surface area contributed by atoms with Crippen LogP contribution in [0.15, 0.2) is 0 Å². The first-order valence-corrected chi connectivity index (χ1v) is 7.25. The molecule has 0 saturated carbocycles. The second-order valence-corrected chi connectivity index (χ2v) is 6.14. The molecule has 0 bridgehead atoms. The van der Waals surface area contributed by atoms with E-state index in [-0.39, 0.29) is 18.1 Å². The lowest BCUT2D eigenvalue weighted by molar-refractivity contribution is -0.134. The van der Waals surface area contributed by atoms with Crippen LogP contribution in [-0.2, 0) is 4.79 Å². The van der Waals surface area contributed by atoms with Gasteiger partial charge in [-0.2, -0.15) is 0 Å². The van der Waals surface area contributed by atoms with Crippen LogP contribution >= 0.6 is 0 Å². The molecule has 0 aromatic carbocycles. The number of carbonyl (C=O) groups is 1. The molecule has 1 heterocycles. The Bertz CT molecular complexity index is 301. The summed E-state index contributed by atoms with van der Waals surface area (Å²) in [5.74, 6) is 0.0483. The zero-order valence-electron chi connectivity index (χ0n) is 12.8. The molecule has 1 atom stereocenters. The van der Waals surface area contributed by atoms with E-state index < -0.39 is 5.54 Å². The van der Waals surface area contributed by atoms with Gasteiger partial charge in [0.2, 0.25) is 5.91 Å². The summed E-state index contributed by atoms with van der Waals surface area (Å²) in [6, 6.07) is 0. The van der Waals surface area contributed by atoms with Gasteiger partial charge in [0.25, 0.3) is 0 Å². The molecule has 0 aliphatic carbocycles. The van der Waals surface area contributed by atoms with E-state index >= 15 is 0 Å². The summed E-state index contributed by atoms with van der Waals surface area (Å²) in [4.78, 5) is 14.8. The highest BCUT2D eigenvalue weighted by atomic mass is 16.3. The van der Waals surface area contributed by atoms with Crippen LogP contribution in [0.1, 0.15) is 40.5 Å². The Morgan fingerprint density at radius 3 is 2.37 bits per heavy atom. The molecule has 19 heavy (non-hydrogen) atoms. The van der Waals surface area contributed by atoms with E-state index in [1.807, 2.05) is 27.7 Å². The molecule has 1 aliphatic heterocycles. The van der Waals surface area contributed by atoms with Crippen LogP contribution in [0.4, 0.5) is 0 Å². The maximum absolute atomic E-state index is 12.6. The van der Waals surface area contributed by atoms with Gasteiger partial charge in [0.15, 0.2) is 0 Å². The minimum absolute atomic E-state index is 0.0483. The van der Waals surface area contributed by atoms with E-state index in [2.05, 4.69) is 15.5 Å². The van der Waals surface area contributed by atoms with E-state index in [1.54, 1.807) is 0 Å². The Balaban J connectivity index is 2.68. The SMILES string of the molecule is CCC(C)(CCO)NC(=O)C(C)(C)N1CCNCC1. The van der Waals surface area contributed by atoms with E-state index in [0.29, 0.717) is 6.42 Å². The van der Waals surface area contributed by atoms with Crippen LogP contribution in [0.2, 0.25) is 0 Å². The van der Waals surface area contributed by atoms with E-state index in [1.165, 1.54) is 0 Å². The number of amides is 1. The van der Waals surface area contributed by atoms with Crippen molar-refractivity contribution in [3.8, 4) is 0 Å². The predicted molar refractivity (Wildman–Crippen MR) is 77.1 cm³/mol. The maximum atomic E-state index is 12.6. The fourth-order valence-electron chi connectivity index (χ4n) is 2.37. The average Bonchev–Trinajstić information content (AvgIpc) is 2.40. The van der Waals surface area contributed by atoms with Crippen molar-refractivity contribution >= 4 is 5.91 Å². The van der Waals surface area contributed by atoms with Crippen molar-refractivity contribution in [3.05, 3.63) is 0 Å². The van der Waals surface area contributed by atoms with Crippen LogP contribution in [0.25, 0.3) is 0 Å². The smallest absolute Gasteiger partial charge is 0.240 e. The third-order valence-corrected chi connectivity index (χ3v) is 4.32. The third-order valence-electron chi connectivity index (χ3n) is 4.32. The van der Waals surface area contributed by atoms with Gasteiger partial charge in [0.1, 0.15) is 0 Å². The summed E-state index contributed by atoms with van der Waals surface area (Å²) in [7, 11) is 0. The number of nitrogens with zero attached hydrogens (tertiary/aromatic N) is 1. The van der Waals surface area contributed by atoms with Gasteiger partial charge in [-0.25, -0.2) is 0 Å². The number of carbonyl (C=O) groups excluding carboxylic acids is 1. The van der Waals surface area contributed by atoms with Crippen molar-refractivity contribution in [2.75, 3.05) is 32.8 Å². The van der Waals surface area contributed by atoms with E-state index in [0.717, 1.165) is 32.6 Å². The van der Waals surface area contributed by atoms with Crippen molar-refractivity contribution < 1.29 is 9.90 Å². The summed E-state index contributed by atoms with van der Waals surface area (Å²) in [5, 5.41) is 15.5. The van der Waals surface area contributed by atoms with Gasteiger partial charge in [-0.15, -0.1) is 0 Å². The van der Waals surface area contributed by atoms with Crippen molar-refractivity contribution in [2.45, 2.75) is 51.6 Å². The molecular weight excluding hydrogens is 242 g/mol. The van der Waals surface area contributed by atoms with Crippen LogP contribution < -0.4 is 10.6 Å². The molecule has 0 aromatic heterocycles. The average molecular weight is 271 g/mol. The summed E-state index contributed by atoms with van der Waals surface area (Å²) < 4.78 is 0. The molecule has 1 amide bonds. The molecule has 1 aliphatic rings. The molecule has 0 aromatic rings. The van der Waals surface area contributed by atoms with Crippen LogP contribution in [0, 0.1) is 0 Å². The highest BCUT2D eigenvalue weighted by Gasteiger charge is 2.38. The molecule has 1 unspecified atom stereocenters. The molecule has 1 saturated heterocycles. The number of hydrogen-bond acceptors (Lipinski definition) is 4. The number of aliphatic hydroxyl groups is 1. The Morgan fingerprint density at radius 1 is 1.32 bits per heavy atom. The lowest BCUT2D eigenvalue weighted by atomic mass is 9.92. The molecule has 3 N–H and O–H groups in total.